The number of hydrogen-bond donors (Lipinski definition) is 2. The van der Waals surface area contributed by atoms with Gasteiger partial charge in [0.2, 0.25) is 5.91 Å². The fourth-order valence-electron chi connectivity index (χ4n) is 4.49. The van der Waals surface area contributed by atoms with Gasteiger partial charge in [0.1, 0.15) is 23.7 Å². The normalized spacial score (nSPS) is 15.5. The summed E-state index contributed by atoms with van der Waals surface area (Å²) in [6.45, 7) is 5.13. The van der Waals surface area contributed by atoms with Crippen molar-refractivity contribution in [2.45, 2.75) is 32.7 Å². The molecule has 10 heteroatoms. The van der Waals surface area contributed by atoms with Crippen molar-refractivity contribution in [2.75, 3.05) is 24.1 Å². The smallest absolute Gasteiger partial charge is 0.256 e. The van der Waals surface area contributed by atoms with Crippen LogP contribution in [0.3, 0.4) is 0 Å². The monoisotopic (exact) mass is 496 g/mol. The van der Waals surface area contributed by atoms with E-state index in [2.05, 4.69) is 20.3 Å². The minimum atomic E-state index is -0.254. The lowest BCUT2D eigenvalue weighted by molar-refractivity contribution is -0.125. The lowest BCUT2D eigenvalue weighted by Gasteiger charge is -2.15. The van der Waals surface area contributed by atoms with Crippen LogP contribution in [0.5, 0.6) is 0 Å². The Morgan fingerprint density at radius 2 is 1.97 bits per heavy atom. The van der Waals surface area contributed by atoms with Crippen LogP contribution in [0.15, 0.2) is 61.1 Å². The number of rotatable bonds is 6. The van der Waals surface area contributed by atoms with Crippen molar-refractivity contribution in [3.8, 4) is 11.3 Å². The molecule has 10 nitrogen and oxygen atoms in total. The summed E-state index contributed by atoms with van der Waals surface area (Å²) in [5.74, 6) is 0.578. The number of nitrogens with zero attached hydrogens (tertiary/aromatic N) is 6. The number of carbonyl (C=O) groups excluding carboxylic acids is 2. The van der Waals surface area contributed by atoms with Gasteiger partial charge in [-0.15, -0.1) is 0 Å². The largest absolute Gasteiger partial charge is 0.383 e. The number of likely N-dealkylation sites (tertiary alicyclic amines) is 1. The van der Waals surface area contributed by atoms with Gasteiger partial charge in [-0.3, -0.25) is 9.59 Å². The number of benzene rings is 1. The van der Waals surface area contributed by atoms with Gasteiger partial charge in [-0.2, -0.15) is 5.10 Å². The highest BCUT2D eigenvalue weighted by molar-refractivity contribution is 6.04. The van der Waals surface area contributed by atoms with E-state index < -0.39 is 0 Å². The van der Waals surface area contributed by atoms with E-state index in [-0.39, 0.29) is 17.9 Å². The maximum Gasteiger partial charge on any atom is 0.256 e. The first kappa shape index (κ1) is 24.1. The van der Waals surface area contributed by atoms with E-state index in [1.807, 2.05) is 53.8 Å². The highest BCUT2D eigenvalue weighted by Crippen LogP contribution is 2.34. The second-order valence-electron chi connectivity index (χ2n) is 9.04. The third-order valence-corrected chi connectivity index (χ3v) is 6.41. The maximum absolute atomic E-state index is 12.7. The molecule has 0 bridgehead atoms. The van der Waals surface area contributed by atoms with Crippen LogP contribution < -0.4 is 11.1 Å². The van der Waals surface area contributed by atoms with Crippen molar-refractivity contribution in [1.82, 2.24) is 29.6 Å². The number of carbonyl (C=O) groups is 2. The summed E-state index contributed by atoms with van der Waals surface area (Å²) in [6, 6.07) is 10.8. The number of aromatic nitrogens is 5. The Balaban J connectivity index is 1.42. The van der Waals surface area contributed by atoms with Crippen LogP contribution in [0.25, 0.3) is 22.3 Å². The number of nitrogens with one attached hydrogen (secondary N) is 1. The standard InChI is InChI=1S/C27H28N8O2/c1-3-4-5-22(36)34-13-11-20(15-34)35-26-23(25(28)30-16-31-26)24(33-35)18-6-8-19(9-7-18)27(37)32-21-14-17(2)10-12-29-21/h4-10,12,14,16,20H,3,11,13,15H2,1-2H3,(H2,28,30,31)(H,29,32,37)/b5-4+/t20-/m1/s1. The van der Waals surface area contributed by atoms with Crippen LogP contribution >= 0.6 is 0 Å². The Bertz CT molecular complexity index is 1490. The molecule has 0 unspecified atom stereocenters. The van der Waals surface area contributed by atoms with E-state index in [4.69, 9.17) is 10.8 Å². The number of nitrogen functional groups attached to an aromatic ring is 1. The molecule has 1 atom stereocenters. The molecule has 3 aromatic heterocycles. The molecule has 5 rings (SSSR count). The minimum Gasteiger partial charge on any atom is -0.383 e. The topological polar surface area (TPSA) is 132 Å². The summed E-state index contributed by atoms with van der Waals surface area (Å²) in [5, 5.41) is 8.35. The number of fused-ring (bicyclic) bond motifs is 1. The zero-order chi connectivity index (χ0) is 25.9. The van der Waals surface area contributed by atoms with Crippen molar-refractivity contribution in [3.63, 3.8) is 0 Å². The molecule has 4 heterocycles. The Morgan fingerprint density at radius 3 is 2.73 bits per heavy atom. The third-order valence-electron chi connectivity index (χ3n) is 6.41. The predicted octanol–water partition coefficient (Wildman–Crippen LogP) is 3.77. The SMILES string of the molecule is CC/C=C/C(=O)N1CC[C@@H](n2nc(-c3ccc(C(=O)Nc4cc(C)ccn4)cc3)c3c(N)ncnc32)C1. The second-order valence-corrected chi connectivity index (χ2v) is 9.04. The minimum absolute atomic E-state index is 0.00454. The van der Waals surface area contributed by atoms with Gasteiger partial charge < -0.3 is 16.0 Å². The zero-order valence-electron chi connectivity index (χ0n) is 20.8. The first-order valence-electron chi connectivity index (χ1n) is 12.2. The van der Waals surface area contributed by atoms with Crippen LogP contribution in [0.2, 0.25) is 0 Å². The summed E-state index contributed by atoms with van der Waals surface area (Å²) < 4.78 is 1.85. The van der Waals surface area contributed by atoms with Crippen molar-refractivity contribution in [3.05, 3.63) is 72.2 Å². The van der Waals surface area contributed by atoms with Crippen LogP contribution in [-0.4, -0.2) is 54.5 Å². The predicted molar refractivity (Wildman–Crippen MR) is 142 cm³/mol. The first-order valence-corrected chi connectivity index (χ1v) is 12.2. The average Bonchev–Trinajstić information content (AvgIpc) is 3.53. The molecule has 1 fully saturated rings. The van der Waals surface area contributed by atoms with Crippen molar-refractivity contribution < 1.29 is 9.59 Å². The fraction of sp³-hybridized carbons (Fsp3) is 0.259. The molecule has 1 aliphatic rings. The number of anilines is 2. The van der Waals surface area contributed by atoms with Gasteiger partial charge in [-0.05, 0) is 55.7 Å². The first-order chi connectivity index (χ1) is 17.9. The van der Waals surface area contributed by atoms with Gasteiger partial charge >= 0.3 is 0 Å². The van der Waals surface area contributed by atoms with E-state index in [0.717, 1.165) is 24.0 Å². The van der Waals surface area contributed by atoms with Crippen molar-refractivity contribution in [2.24, 2.45) is 0 Å². The van der Waals surface area contributed by atoms with Crippen molar-refractivity contribution in [1.29, 1.82) is 0 Å². The van der Waals surface area contributed by atoms with Crippen molar-refractivity contribution >= 4 is 34.5 Å². The van der Waals surface area contributed by atoms with E-state index in [9.17, 15) is 9.59 Å². The maximum atomic E-state index is 12.7. The number of allylic oxidation sites excluding steroid dienone is 1. The molecule has 1 saturated heterocycles. The van der Waals surface area contributed by atoms with Gasteiger partial charge in [0.25, 0.3) is 5.91 Å². The Kier molecular flexibility index (Phi) is 6.63. The lowest BCUT2D eigenvalue weighted by atomic mass is 10.1. The fourth-order valence-corrected chi connectivity index (χ4v) is 4.49. The molecule has 188 valence electrons. The molecule has 0 saturated carbocycles. The molecule has 4 aromatic rings. The van der Waals surface area contributed by atoms with E-state index >= 15 is 0 Å². The Labute approximate surface area is 214 Å². The number of hydrogen-bond acceptors (Lipinski definition) is 7. The molecular formula is C27H28N8O2. The number of amides is 2. The van der Waals surface area contributed by atoms with E-state index in [1.54, 1.807) is 24.4 Å². The molecule has 0 spiro atoms. The van der Waals surface area contributed by atoms with Gasteiger partial charge in [0, 0.05) is 30.4 Å². The third kappa shape index (κ3) is 4.90. The van der Waals surface area contributed by atoms with Crippen LogP contribution in [0.1, 0.15) is 41.7 Å². The molecule has 3 N–H and O–H groups in total. The summed E-state index contributed by atoms with van der Waals surface area (Å²) in [7, 11) is 0. The zero-order valence-corrected chi connectivity index (χ0v) is 20.8. The molecular weight excluding hydrogens is 468 g/mol. The molecule has 37 heavy (non-hydrogen) atoms. The number of pyridine rings is 1. The average molecular weight is 497 g/mol. The highest BCUT2D eigenvalue weighted by Gasteiger charge is 2.30. The number of aryl methyl sites for hydroxylation is 1. The lowest BCUT2D eigenvalue weighted by Crippen LogP contribution is -2.27. The number of nitrogens with two attached hydrogens (primary N) is 1. The van der Waals surface area contributed by atoms with Crippen LogP contribution in [0.4, 0.5) is 11.6 Å². The summed E-state index contributed by atoms with van der Waals surface area (Å²) >= 11 is 0. The van der Waals surface area contributed by atoms with E-state index in [1.165, 1.54) is 6.33 Å². The molecule has 2 amide bonds. The molecule has 1 aromatic carbocycles. The Morgan fingerprint density at radius 1 is 1.16 bits per heavy atom. The van der Waals surface area contributed by atoms with Gasteiger partial charge in [-0.25, -0.2) is 19.6 Å². The molecule has 1 aliphatic heterocycles. The van der Waals surface area contributed by atoms with Gasteiger partial charge in [0.15, 0.2) is 5.65 Å². The summed E-state index contributed by atoms with van der Waals surface area (Å²) in [4.78, 5) is 39.9. The molecule has 0 aliphatic carbocycles. The van der Waals surface area contributed by atoms with E-state index in [0.29, 0.717) is 47.0 Å². The molecule has 0 radical (unpaired) electrons. The van der Waals surface area contributed by atoms with Crippen LogP contribution in [0, 0.1) is 6.92 Å². The van der Waals surface area contributed by atoms with Crippen LogP contribution in [-0.2, 0) is 4.79 Å². The second kappa shape index (κ2) is 10.2. The highest BCUT2D eigenvalue weighted by atomic mass is 16.2. The van der Waals surface area contributed by atoms with Gasteiger partial charge in [0.05, 0.1) is 11.4 Å². The van der Waals surface area contributed by atoms with Gasteiger partial charge in [-0.1, -0.05) is 25.1 Å². The Hall–Kier alpha value is -4.60. The summed E-state index contributed by atoms with van der Waals surface area (Å²) in [5.41, 5.74) is 9.81. The summed E-state index contributed by atoms with van der Waals surface area (Å²) in [6.07, 6.45) is 8.15. The quantitative estimate of drug-likeness (QED) is 0.388.